The molecule has 1 heterocycles. The van der Waals surface area contributed by atoms with Crippen molar-refractivity contribution in [2.24, 2.45) is 0 Å². The van der Waals surface area contributed by atoms with E-state index in [2.05, 4.69) is 0 Å². The zero-order chi connectivity index (χ0) is 12.1. The lowest BCUT2D eigenvalue weighted by Crippen LogP contribution is -1.99. The largest absolute Gasteiger partial charge is 0.612 e. The predicted octanol–water partition coefficient (Wildman–Crippen LogP) is 4.32. The van der Waals surface area contributed by atoms with Crippen molar-refractivity contribution in [3.63, 3.8) is 0 Å². The van der Waals surface area contributed by atoms with Gasteiger partial charge in [0.25, 0.3) is 0 Å². The van der Waals surface area contributed by atoms with Crippen molar-refractivity contribution in [1.82, 2.24) is 0 Å². The standard InChI is InChI=1S/C13H11ClOS2/c14-12-5-3-11(4-6-12)10-17(15)9-7-13-2-1-8-16-13/h1-9H,10H2. The highest BCUT2D eigenvalue weighted by molar-refractivity contribution is 7.93. The lowest BCUT2D eigenvalue weighted by atomic mass is 10.2. The molecule has 1 aromatic heterocycles. The third-order valence-electron chi connectivity index (χ3n) is 2.15. The molecule has 0 bridgehead atoms. The van der Waals surface area contributed by atoms with Crippen LogP contribution in [0.25, 0.3) is 6.08 Å². The SMILES string of the molecule is [O-][S+](C=Cc1cccs1)Cc1ccc(Cl)cc1. The summed E-state index contributed by atoms with van der Waals surface area (Å²) in [6.45, 7) is 0. The van der Waals surface area contributed by atoms with Crippen LogP contribution < -0.4 is 0 Å². The molecule has 0 N–H and O–H groups in total. The van der Waals surface area contributed by atoms with Crippen LogP contribution >= 0.6 is 22.9 Å². The van der Waals surface area contributed by atoms with Crippen molar-refractivity contribution in [2.75, 3.05) is 0 Å². The van der Waals surface area contributed by atoms with E-state index >= 15 is 0 Å². The van der Waals surface area contributed by atoms with E-state index in [-0.39, 0.29) is 0 Å². The number of hydrogen-bond donors (Lipinski definition) is 0. The quantitative estimate of drug-likeness (QED) is 0.766. The number of halogens is 1. The van der Waals surface area contributed by atoms with E-state index in [4.69, 9.17) is 11.6 Å². The smallest absolute Gasteiger partial charge is 0.135 e. The van der Waals surface area contributed by atoms with Crippen LogP contribution in [0.3, 0.4) is 0 Å². The topological polar surface area (TPSA) is 23.1 Å². The zero-order valence-corrected chi connectivity index (χ0v) is 11.4. The fraction of sp³-hybridized carbons (Fsp3) is 0.0769. The molecule has 1 unspecified atom stereocenters. The summed E-state index contributed by atoms with van der Waals surface area (Å²) in [5, 5.41) is 4.44. The molecule has 2 rings (SSSR count). The summed E-state index contributed by atoms with van der Waals surface area (Å²) in [6, 6.07) is 11.4. The molecule has 0 aliphatic rings. The maximum Gasteiger partial charge on any atom is 0.135 e. The maximum absolute atomic E-state index is 11.8. The molecule has 17 heavy (non-hydrogen) atoms. The normalized spacial score (nSPS) is 13.1. The Morgan fingerprint density at radius 3 is 2.65 bits per heavy atom. The summed E-state index contributed by atoms with van der Waals surface area (Å²) < 4.78 is 11.8. The molecule has 0 spiro atoms. The molecule has 2 aromatic rings. The molecular formula is C13H11ClOS2. The van der Waals surface area contributed by atoms with Crippen molar-refractivity contribution in [3.8, 4) is 0 Å². The zero-order valence-electron chi connectivity index (χ0n) is 9.01. The first-order chi connectivity index (χ1) is 8.24. The summed E-state index contributed by atoms with van der Waals surface area (Å²) in [7, 11) is 0. The van der Waals surface area contributed by atoms with Gasteiger partial charge >= 0.3 is 0 Å². The van der Waals surface area contributed by atoms with E-state index in [1.54, 1.807) is 16.7 Å². The summed E-state index contributed by atoms with van der Waals surface area (Å²) in [4.78, 5) is 1.12. The summed E-state index contributed by atoms with van der Waals surface area (Å²) in [5.74, 6) is 0.527. The highest BCUT2D eigenvalue weighted by atomic mass is 35.5. The number of thiophene rings is 1. The molecule has 88 valence electrons. The monoisotopic (exact) mass is 282 g/mol. The van der Waals surface area contributed by atoms with Gasteiger partial charge in [-0.3, -0.25) is 0 Å². The first-order valence-electron chi connectivity index (χ1n) is 5.07. The van der Waals surface area contributed by atoms with E-state index in [0.29, 0.717) is 10.8 Å². The highest BCUT2D eigenvalue weighted by Crippen LogP contribution is 2.15. The number of benzene rings is 1. The molecule has 4 heteroatoms. The second kappa shape index (κ2) is 6.26. The van der Waals surface area contributed by atoms with Gasteiger partial charge < -0.3 is 4.55 Å². The van der Waals surface area contributed by atoms with E-state index in [0.717, 1.165) is 10.4 Å². The molecule has 1 aromatic carbocycles. The summed E-state index contributed by atoms with van der Waals surface area (Å²) in [5.41, 5.74) is 1.03. The van der Waals surface area contributed by atoms with Crippen LogP contribution in [0.4, 0.5) is 0 Å². The van der Waals surface area contributed by atoms with E-state index in [1.165, 1.54) is 0 Å². The second-order valence-electron chi connectivity index (χ2n) is 3.47. The van der Waals surface area contributed by atoms with Crippen molar-refractivity contribution >= 4 is 40.2 Å². The average Bonchev–Trinajstić information content (AvgIpc) is 2.83. The highest BCUT2D eigenvalue weighted by Gasteiger charge is 2.03. The van der Waals surface area contributed by atoms with E-state index in [1.807, 2.05) is 47.9 Å². The molecule has 0 radical (unpaired) electrons. The van der Waals surface area contributed by atoms with Crippen molar-refractivity contribution in [2.45, 2.75) is 5.75 Å². The minimum atomic E-state index is -0.979. The van der Waals surface area contributed by atoms with Gasteiger partial charge in [-0.25, -0.2) is 0 Å². The van der Waals surface area contributed by atoms with Crippen LogP contribution in [0.2, 0.25) is 5.02 Å². The third kappa shape index (κ3) is 4.21. The second-order valence-corrected chi connectivity index (χ2v) is 6.21. The molecule has 0 saturated heterocycles. The fourth-order valence-electron chi connectivity index (χ4n) is 1.32. The Hall–Kier alpha value is -0.740. The first-order valence-corrected chi connectivity index (χ1v) is 7.71. The Bertz CT molecular complexity index is 477. The van der Waals surface area contributed by atoms with Gasteiger partial charge in [0.1, 0.15) is 11.2 Å². The lowest BCUT2D eigenvalue weighted by Gasteiger charge is -2.05. The van der Waals surface area contributed by atoms with E-state index < -0.39 is 11.2 Å². The van der Waals surface area contributed by atoms with Gasteiger partial charge in [-0.15, -0.1) is 11.3 Å². The van der Waals surface area contributed by atoms with Gasteiger partial charge in [0.15, 0.2) is 0 Å². The number of rotatable bonds is 4. The van der Waals surface area contributed by atoms with Crippen molar-refractivity contribution < 1.29 is 4.55 Å². The van der Waals surface area contributed by atoms with Gasteiger partial charge in [-0.1, -0.05) is 29.8 Å². The molecule has 0 saturated carbocycles. The van der Waals surface area contributed by atoms with Gasteiger partial charge in [0.2, 0.25) is 0 Å². The van der Waals surface area contributed by atoms with Crippen LogP contribution in [-0.4, -0.2) is 4.55 Å². The van der Waals surface area contributed by atoms with Gasteiger partial charge in [-0.05, 0) is 34.8 Å². The fourth-order valence-corrected chi connectivity index (χ4v) is 3.07. The first kappa shape index (κ1) is 12.7. The van der Waals surface area contributed by atoms with Crippen LogP contribution in [0.1, 0.15) is 10.4 Å². The van der Waals surface area contributed by atoms with Gasteiger partial charge in [0, 0.05) is 21.5 Å². The van der Waals surface area contributed by atoms with Crippen molar-refractivity contribution in [1.29, 1.82) is 0 Å². The molecule has 1 atom stereocenters. The number of hydrogen-bond acceptors (Lipinski definition) is 2. The van der Waals surface area contributed by atoms with Crippen LogP contribution in [0.15, 0.2) is 47.2 Å². The van der Waals surface area contributed by atoms with Gasteiger partial charge in [-0.2, -0.15) is 0 Å². The maximum atomic E-state index is 11.8. The Morgan fingerprint density at radius 2 is 2.00 bits per heavy atom. The average molecular weight is 283 g/mol. The van der Waals surface area contributed by atoms with E-state index in [9.17, 15) is 4.55 Å². The van der Waals surface area contributed by atoms with Crippen molar-refractivity contribution in [3.05, 3.63) is 62.6 Å². The Balaban J connectivity index is 1.93. The summed E-state index contributed by atoms with van der Waals surface area (Å²) >= 11 is 6.44. The minimum absolute atomic E-state index is 0.527. The van der Waals surface area contributed by atoms with Crippen LogP contribution in [0.5, 0.6) is 0 Å². The molecule has 0 aliphatic carbocycles. The Labute approximate surface area is 113 Å². The Morgan fingerprint density at radius 1 is 1.24 bits per heavy atom. The molecular weight excluding hydrogens is 272 g/mol. The third-order valence-corrected chi connectivity index (χ3v) is 4.30. The van der Waals surface area contributed by atoms with Gasteiger partial charge in [0.05, 0.1) is 0 Å². The minimum Gasteiger partial charge on any atom is -0.612 e. The lowest BCUT2D eigenvalue weighted by molar-refractivity contribution is 0.603. The van der Waals surface area contributed by atoms with Crippen LogP contribution in [-0.2, 0) is 16.9 Å². The molecule has 1 nitrogen and oxygen atoms in total. The summed E-state index contributed by atoms with van der Waals surface area (Å²) in [6.07, 6.45) is 1.90. The predicted molar refractivity (Wildman–Crippen MR) is 76.7 cm³/mol. The molecule has 0 aliphatic heterocycles. The Kier molecular flexibility index (Phi) is 4.68. The molecule has 0 amide bonds. The van der Waals surface area contributed by atoms with Crippen LogP contribution in [0, 0.1) is 0 Å². The molecule has 0 fully saturated rings.